The lowest BCUT2D eigenvalue weighted by molar-refractivity contribution is 0.0976. The van der Waals surface area contributed by atoms with Gasteiger partial charge < -0.3 is 4.74 Å². The molecule has 0 N–H and O–H groups in total. The van der Waals surface area contributed by atoms with E-state index in [1.165, 1.54) is 19.5 Å². The van der Waals surface area contributed by atoms with Crippen LogP contribution in [0.15, 0.2) is 12.4 Å². The minimum atomic E-state index is -3.02. The van der Waals surface area contributed by atoms with Crippen molar-refractivity contribution in [2.24, 2.45) is 0 Å². The van der Waals surface area contributed by atoms with Gasteiger partial charge in [0.15, 0.2) is 5.78 Å². The van der Waals surface area contributed by atoms with Crippen molar-refractivity contribution in [2.75, 3.05) is 19.1 Å². The summed E-state index contributed by atoms with van der Waals surface area (Å²) in [6, 6.07) is 1.43. The maximum Gasteiger partial charge on any atom is 0.216 e. The number of nitrogens with zero attached hydrogens (tertiary/aromatic N) is 2. The number of hydrogen-bond acceptors (Lipinski definition) is 6. The topological polar surface area (TPSA) is 86.2 Å². The predicted octanol–water partition coefficient (Wildman–Crippen LogP) is 0.493. The Balaban J connectivity index is 2.58. The van der Waals surface area contributed by atoms with Gasteiger partial charge in [-0.3, -0.25) is 4.79 Å². The van der Waals surface area contributed by atoms with E-state index in [-0.39, 0.29) is 23.7 Å². The molecule has 94 valence electrons. The lowest BCUT2D eigenvalue weighted by Crippen LogP contribution is -2.08. The van der Waals surface area contributed by atoms with Gasteiger partial charge in [0, 0.05) is 18.7 Å². The van der Waals surface area contributed by atoms with Crippen LogP contribution < -0.4 is 4.74 Å². The third-order valence-corrected chi connectivity index (χ3v) is 3.09. The SMILES string of the molecule is COc1cc(C(=O)CCCS(C)(=O)=O)ncn1. The van der Waals surface area contributed by atoms with Crippen LogP contribution in [-0.4, -0.2) is 43.3 Å². The monoisotopic (exact) mass is 258 g/mol. The van der Waals surface area contributed by atoms with Crippen molar-refractivity contribution < 1.29 is 17.9 Å². The first kappa shape index (κ1) is 13.6. The Morgan fingerprint density at radius 3 is 2.71 bits per heavy atom. The summed E-state index contributed by atoms with van der Waals surface area (Å²) in [7, 11) is -1.58. The van der Waals surface area contributed by atoms with Gasteiger partial charge in [0.1, 0.15) is 21.9 Å². The molecule has 17 heavy (non-hydrogen) atoms. The van der Waals surface area contributed by atoms with Crippen molar-refractivity contribution >= 4 is 15.6 Å². The van der Waals surface area contributed by atoms with Gasteiger partial charge in [-0.05, 0) is 6.42 Å². The first-order chi connectivity index (χ1) is 7.92. The summed E-state index contributed by atoms with van der Waals surface area (Å²) in [6.45, 7) is 0. The number of methoxy groups -OCH3 is 1. The molecular weight excluding hydrogens is 244 g/mol. The van der Waals surface area contributed by atoms with E-state index < -0.39 is 9.84 Å². The second-order valence-corrected chi connectivity index (χ2v) is 5.86. The number of carbonyl (C=O) groups excluding carboxylic acids is 1. The van der Waals surface area contributed by atoms with Crippen molar-refractivity contribution in [1.82, 2.24) is 9.97 Å². The van der Waals surface area contributed by atoms with E-state index in [1.54, 1.807) is 0 Å². The fourth-order valence-corrected chi connectivity index (χ4v) is 1.90. The third kappa shape index (κ3) is 4.90. The minimum Gasteiger partial charge on any atom is -0.481 e. The number of ether oxygens (including phenoxy) is 1. The largest absolute Gasteiger partial charge is 0.481 e. The molecule has 1 aromatic heterocycles. The maximum absolute atomic E-state index is 11.7. The molecule has 0 atom stereocenters. The van der Waals surface area contributed by atoms with Crippen LogP contribution in [0.1, 0.15) is 23.3 Å². The summed E-state index contributed by atoms with van der Waals surface area (Å²) < 4.78 is 26.7. The first-order valence-corrected chi connectivity index (χ1v) is 7.05. The van der Waals surface area contributed by atoms with E-state index in [0.717, 1.165) is 6.26 Å². The predicted molar refractivity (Wildman–Crippen MR) is 61.9 cm³/mol. The van der Waals surface area contributed by atoms with Gasteiger partial charge in [0.2, 0.25) is 5.88 Å². The summed E-state index contributed by atoms with van der Waals surface area (Å²) in [5.41, 5.74) is 0.241. The number of ketones is 1. The van der Waals surface area contributed by atoms with Crippen molar-refractivity contribution in [3.63, 3.8) is 0 Å². The number of carbonyl (C=O) groups is 1. The highest BCUT2D eigenvalue weighted by atomic mass is 32.2. The molecule has 0 spiro atoms. The zero-order chi connectivity index (χ0) is 12.9. The van der Waals surface area contributed by atoms with Crippen LogP contribution in [0, 0.1) is 0 Å². The molecule has 0 aliphatic carbocycles. The average molecular weight is 258 g/mol. The average Bonchev–Trinajstić information content (AvgIpc) is 2.27. The quantitative estimate of drug-likeness (QED) is 0.690. The molecule has 0 aliphatic rings. The zero-order valence-electron chi connectivity index (χ0n) is 9.71. The molecule has 0 saturated carbocycles. The second-order valence-electron chi connectivity index (χ2n) is 3.60. The normalized spacial score (nSPS) is 11.2. The Bertz CT molecular complexity index is 499. The van der Waals surface area contributed by atoms with Gasteiger partial charge >= 0.3 is 0 Å². The molecule has 6 nitrogen and oxygen atoms in total. The third-order valence-electron chi connectivity index (χ3n) is 2.06. The van der Waals surface area contributed by atoms with Crippen molar-refractivity contribution in [1.29, 1.82) is 0 Å². The van der Waals surface area contributed by atoms with Gasteiger partial charge in [0.05, 0.1) is 12.9 Å². The van der Waals surface area contributed by atoms with E-state index in [1.807, 2.05) is 0 Å². The standard InChI is InChI=1S/C10H14N2O4S/c1-16-10-6-8(11-7-12-10)9(13)4-3-5-17(2,14)15/h6-7H,3-5H2,1-2H3. The summed E-state index contributed by atoms with van der Waals surface area (Å²) in [4.78, 5) is 19.2. The number of hydrogen-bond donors (Lipinski definition) is 0. The molecular formula is C10H14N2O4S. The molecule has 1 heterocycles. The number of Topliss-reactive ketones (excluding diaryl/α,β-unsaturated/α-hetero) is 1. The molecule has 7 heteroatoms. The molecule has 1 aromatic rings. The van der Waals surface area contributed by atoms with Crippen LogP contribution in [0.4, 0.5) is 0 Å². The number of aromatic nitrogens is 2. The molecule has 0 saturated heterocycles. The van der Waals surface area contributed by atoms with Gasteiger partial charge in [-0.1, -0.05) is 0 Å². The molecule has 0 radical (unpaired) electrons. The van der Waals surface area contributed by atoms with E-state index >= 15 is 0 Å². The van der Waals surface area contributed by atoms with Crippen LogP contribution in [0.5, 0.6) is 5.88 Å². The highest BCUT2D eigenvalue weighted by molar-refractivity contribution is 7.90. The first-order valence-electron chi connectivity index (χ1n) is 4.99. The Morgan fingerprint density at radius 1 is 1.41 bits per heavy atom. The number of sulfone groups is 1. The maximum atomic E-state index is 11.7. The smallest absolute Gasteiger partial charge is 0.216 e. The Labute approximate surface area is 100.0 Å². The van der Waals surface area contributed by atoms with E-state index in [9.17, 15) is 13.2 Å². The summed E-state index contributed by atoms with van der Waals surface area (Å²) in [5, 5.41) is 0. The summed E-state index contributed by atoms with van der Waals surface area (Å²) in [6.07, 6.45) is 2.82. The van der Waals surface area contributed by atoms with Crippen LogP contribution in [0.25, 0.3) is 0 Å². The molecule has 0 amide bonds. The molecule has 0 aromatic carbocycles. The van der Waals surface area contributed by atoms with Crippen molar-refractivity contribution in [2.45, 2.75) is 12.8 Å². The van der Waals surface area contributed by atoms with Crippen molar-refractivity contribution in [3.05, 3.63) is 18.1 Å². The molecule has 1 rings (SSSR count). The molecule has 0 aliphatic heterocycles. The van der Waals surface area contributed by atoms with Crippen LogP contribution in [0.3, 0.4) is 0 Å². The van der Waals surface area contributed by atoms with Crippen LogP contribution in [-0.2, 0) is 9.84 Å². The van der Waals surface area contributed by atoms with Gasteiger partial charge in [-0.2, -0.15) is 0 Å². The van der Waals surface area contributed by atoms with Gasteiger partial charge in [-0.15, -0.1) is 0 Å². The summed E-state index contributed by atoms with van der Waals surface area (Å²) >= 11 is 0. The second kappa shape index (κ2) is 5.72. The Hall–Kier alpha value is -1.50. The Kier molecular flexibility index (Phi) is 4.56. The Morgan fingerprint density at radius 2 is 2.12 bits per heavy atom. The van der Waals surface area contributed by atoms with Crippen LogP contribution in [0.2, 0.25) is 0 Å². The van der Waals surface area contributed by atoms with Gasteiger partial charge in [-0.25, -0.2) is 18.4 Å². The minimum absolute atomic E-state index is 0.000951. The van der Waals surface area contributed by atoms with E-state index in [0.29, 0.717) is 12.3 Å². The fourth-order valence-electron chi connectivity index (χ4n) is 1.23. The van der Waals surface area contributed by atoms with Crippen molar-refractivity contribution in [3.8, 4) is 5.88 Å². The molecule has 0 bridgehead atoms. The van der Waals surface area contributed by atoms with Crippen LogP contribution >= 0.6 is 0 Å². The van der Waals surface area contributed by atoms with E-state index in [4.69, 9.17) is 4.74 Å². The highest BCUT2D eigenvalue weighted by Gasteiger charge is 2.10. The molecule has 0 unspecified atom stereocenters. The lowest BCUT2D eigenvalue weighted by atomic mass is 10.2. The van der Waals surface area contributed by atoms with Gasteiger partial charge in [0.25, 0.3) is 0 Å². The molecule has 0 fully saturated rings. The summed E-state index contributed by atoms with van der Waals surface area (Å²) in [5.74, 6) is 0.0989. The fraction of sp³-hybridized carbons (Fsp3) is 0.500. The zero-order valence-corrected chi connectivity index (χ0v) is 10.5. The highest BCUT2D eigenvalue weighted by Crippen LogP contribution is 2.09. The number of rotatable bonds is 6. The lowest BCUT2D eigenvalue weighted by Gasteiger charge is -2.01. The van der Waals surface area contributed by atoms with E-state index in [2.05, 4.69) is 9.97 Å².